The summed E-state index contributed by atoms with van der Waals surface area (Å²) in [5.74, 6) is 0.222. The van der Waals surface area contributed by atoms with E-state index < -0.39 is 0 Å². The molecule has 1 aliphatic heterocycles. The minimum Gasteiger partial charge on any atom is -0.495 e. The number of halogens is 2. The van der Waals surface area contributed by atoms with E-state index in [0.29, 0.717) is 42.6 Å². The molecule has 6 nitrogen and oxygen atoms in total. The minimum absolute atomic E-state index is 0.170. The summed E-state index contributed by atoms with van der Waals surface area (Å²) in [5.41, 5.74) is 1.31. The maximum atomic E-state index is 13.9. The lowest BCUT2D eigenvalue weighted by Gasteiger charge is -2.36. The Kier molecular flexibility index (Phi) is 6.01. The normalized spacial score (nSPS) is 15.4. The smallest absolute Gasteiger partial charge is 0.317 e. The van der Waals surface area contributed by atoms with Crippen molar-refractivity contribution in [1.82, 2.24) is 15.2 Å². The number of anilines is 1. The number of aromatic nitrogens is 1. The molecule has 144 valence electrons. The Morgan fingerprint density at radius 3 is 2.70 bits per heavy atom. The molecule has 27 heavy (non-hydrogen) atoms. The van der Waals surface area contributed by atoms with Crippen LogP contribution in [0.5, 0.6) is 5.75 Å². The van der Waals surface area contributed by atoms with Gasteiger partial charge in [-0.25, -0.2) is 9.18 Å². The summed E-state index contributed by atoms with van der Waals surface area (Å²) in [6.45, 7) is 4.00. The molecule has 2 aromatic rings. The minimum atomic E-state index is -0.350. The van der Waals surface area contributed by atoms with Crippen molar-refractivity contribution in [1.29, 1.82) is 0 Å². The van der Waals surface area contributed by atoms with Gasteiger partial charge in [0, 0.05) is 32.4 Å². The number of hydrogen-bond donors (Lipinski definition) is 1. The van der Waals surface area contributed by atoms with Gasteiger partial charge in [0.25, 0.3) is 0 Å². The molecule has 8 heteroatoms. The fourth-order valence-corrected chi connectivity index (χ4v) is 3.52. The monoisotopic (exact) mass is 392 g/mol. The second kappa shape index (κ2) is 8.43. The van der Waals surface area contributed by atoms with Crippen molar-refractivity contribution in [2.45, 2.75) is 13.0 Å². The molecule has 0 spiro atoms. The van der Waals surface area contributed by atoms with E-state index in [1.54, 1.807) is 30.3 Å². The number of ether oxygens (including phenoxy) is 1. The molecule has 2 heterocycles. The van der Waals surface area contributed by atoms with Gasteiger partial charge in [0.1, 0.15) is 5.75 Å². The van der Waals surface area contributed by atoms with Gasteiger partial charge >= 0.3 is 6.03 Å². The van der Waals surface area contributed by atoms with Gasteiger partial charge in [-0.2, -0.15) is 0 Å². The molecule has 1 aliphatic rings. The van der Waals surface area contributed by atoms with Crippen molar-refractivity contribution in [2.24, 2.45) is 0 Å². The number of rotatable bonds is 4. The summed E-state index contributed by atoms with van der Waals surface area (Å²) in [6, 6.07) is 6.69. The number of piperazine rings is 1. The number of nitrogens with zero attached hydrogens (tertiary/aromatic N) is 3. The number of amides is 2. The van der Waals surface area contributed by atoms with Crippen LogP contribution in [0.25, 0.3) is 0 Å². The van der Waals surface area contributed by atoms with Crippen molar-refractivity contribution in [3.63, 3.8) is 0 Å². The second-order valence-electron chi connectivity index (χ2n) is 6.34. The molecule has 0 radical (unpaired) electrons. The Balaban J connectivity index is 1.59. The number of benzene rings is 1. The van der Waals surface area contributed by atoms with E-state index in [4.69, 9.17) is 16.3 Å². The van der Waals surface area contributed by atoms with Crippen LogP contribution in [0.4, 0.5) is 14.9 Å². The summed E-state index contributed by atoms with van der Waals surface area (Å²) < 4.78 is 19.1. The van der Waals surface area contributed by atoms with Gasteiger partial charge in [0.15, 0.2) is 5.82 Å². The van der Waals surface area contributed by atoms with Gasteiger partial charge in [-0.1, -0.05) is 23.7 Å². The molecule has 1 N–H and O–H groups in total. The van der Waals surface area contributed by atoms with Crippen LogP contribution in [0.2, 0.25) is 5.02 Å². The largest absolute Gasteiger partial charge is 0.495 e. The first kappa shape index (κ1) is 19.2. The van der Waals surface area contributed by atoms with E-state index in [-0.39, 0.29) is 17.9 Å². The zero-order chi connectivity index (χ0) is 19.4. The number of methoxy groups -OCH3 is 1. The molecule has 0 bridgehead atoms. The van der Waals surface area contributed by atoms with Gasteiger partial charge in [0.2, 0.25) is 0 Å². The third kappa shape index (κ3) is 4.24. The molecule has 3 rings (SSSR count). The fourth-order valence-electron chi connectivity index (χ4n) is 3.15. The highest BCUT2D eigenvalue weighted by atomic mass is 35.5. The predicted molar refractivity (Wildman–Crippen MR) is 103 cm³/mol. The summed E-state index contributed by atoms with van der Waals surface area (Å²) in [4.78, 5) is 20.0. The number of hydrogen-bond acceptors (Lipinski definition) is 4. The average Bonchev–Trinajstić information content (AvgIpc) is 2.68. The van der Waals surface area contributed by atoms with Crippen LogP contribution in [0.15, 0.2) is 36.7 Å². The van der Waals surface area contributed by atoms with Crippen LogP contribution in [0.3, 0.4) is 0 Å². The standard InChI is InChI=1S/C19H22ClFN4O2/c1-13(14-4-3-5-17(27-2)18(14)20)23-19(26)25-10-8-24(9-11-25)16-6-7-22-12-15(16)21/h3-7,12-13H,8-11H2,1-2H3,(H,23,26). The van der Waals surface area contributed by atoms with Gasteiger partial charge in [-0.05, 0) is 24.6 Å². The molecular formula is C19H22ClFN4O2. The third-order valence-corrected chi connectivity index (χ3v) is 5.08. The van der Waals surface area contributed by atoms with Crippen LogP contribution >= 0.6 is 11.6 Å². The Morgan fingerprint density at radius 1 is 1.30 bits per heavy atom. The Morgan fingerprint density at radius 2 is 2.04 bits per heavy atom. The first-order valence-corrected chi connectivity index (χ1v) is 9.11. The van der Waals surface area contributed by atoms with Crippen molar-refractivity contribution >= 4 is 23.3 Å². The highest BCUT2D eigenvalue weighted by Crippen LogP contribution is 2.31. The van der Waals surface area contributed by atoms with Crippen molar-refractivity contribution in [2.75, 3.05) is 38.2 Å². The molecule has 0 saturated carbocycles. The molecule has 1 fully saturated rings. The molecule has 0 aliphatic carbocycles. The third-order valence-electron chi connectivity index (χ3n) is 4.68. The summed E-state index contributed by atoms with van der Waals surface area (Å²) in [5, 5.41) is 3.46. The Hall–Kier alpha value is -2.54. The maximum absolute atomic E-state index is 13.9. The topological polar surface area (TPSA) is 57.7 Å². The first-order valence-electron chi connectivity index (χ1n) is 8.73. The molecular weight excluding hydrogens is 371 g/mol. The highest BCUT2D eigenvalue weighted by Gasteiger charge is 2.24. The maximum Gasteiger partial charge on any atom is 0.317 e. The molecule has 1 saturated heterocycles. The van der Waals surface area contributed by atoms with Crippen LogP contribution in [0.1, 0.15) is 18.5 Å². The number of carbonyl (C=O) groups excluding carboxylic acids is 1. The molecule has 2 amide bonds. The zero-order valence-electron chi connectivity index (χ0n) is 15.3. The molecule has 1 atom stereocenters. The summed E-state index contributed by atoms with van der Waals surface area (Å²) in [7, 11) is 1.55. The first-order chi connectivity index (χ1) is 13.0. The van der Waals surface area contributed by atoms with Gasteiger partial charge in [-0.15, -0.1) is 0 Å². The number of pyridine rings is 1. The second-order valence-corrected chi connectivity index (χ2v) is 6.71. The van der Waals surface area contributed by atoms with Gasteiger partial charge in [0.05, 0.1) is 30.1 Å². The van der Waals surface area contributed by atoms with E-state index in [2.05, 4.69) is 10.3 Å². The van der Waals surface area contributed by atoms with Crippen LogP contribution < -0.4 is 15.0 Å². The van der Waals surface area contributed by atoms with E-state index >= 15 is 0 Å². The van der Waals surface area contributed by atoms with Crippen LogP contribution in [-0.4, -0.2) is 49.2 Å². The quantitative estimate of drug-likeness (QED) is 0.865. The molecule has 1 aromatic carbocycles. The van der Waals surface area contributed by atoms with Crippen LogP contribution in [0, 0.1) is 5.82 Å². The molecule has 1 unspecified atom stereocenters. The van der Waals surface area contributed by atoms with Gasteiger partial charge in [-0.3, -0.25) is 4.98 Å². The van der Waals surface area contributed by atoms with Crippen molar-refractivity contribution < 1.29 is 13.9 Å². The summed E-state index contributed by atoms with van der Waals surface area (Å²) >= 11 is 6.34. The summed E-state index contributed by atoms with van der Waals surface area (Å²) in [6.07, 6.45) is 2.77. The lowest BCUT2D eigenvalue weighted by atomic mass is 10.1. The van der Waals surface area contributed by atoms with Crippen molar-refractivity contribution in [3.8, 4) is 5.75 Å². The average molecular weight is 393 g/mol. The Labute approximate surface area is 162 Å². The van der Waals surface area contributed by atoms with E-state index in [0.717, 1.165) is 5.56 Å². The Bertz CT molecular complexity index is 812. The number of urea groups is 1. The fraction of sp³-hybridized carbons (Fsp3) is 0.368. The van der Waals surface area contributed by atoms with E-state index in [1.807, 2.05) is 24.0 Å². The SMILES string of the molecule is COc1cccc(C(C)NC(=O)N2CCN(c3ccncc3F)CC2)c1Cl. The predicted octanol–water partition coefficient (Wildman–Crippen LogP) is 3.48. The van der Waals surface area contributed by atoms with Gasteiger partial charge < -0.3 is 19.9 Å². The lowest BCUT2D eigenvalue weighted by Crippen LogP contribution is -2.52. The lowest BCUT2D eigenvalue weighted by molar-refractivity contribution is 0.191. The van der Waals surface area contributed by atoms with E-state index in [1.165, 1.54) is 6.20 Å². The van der Waals surface area contributed by atoms with Crippen LogP contribution in [-0.2, 0) is 0 Å². The zero-order valence-corrected chi connectivity index (χ0v) is 16.0. The molecule has 1 aromatic heterocycles. The van der Waals surface area contributed by atoms with E-state index in [9.17, 15) is 9.18 Å². The highest BCUT2D eigenvalue weighted by molar-refractivity contribution is 6.32. The number of nitrogens with one attached hydrogen (secondary N) is 1. The number of carbonyl (C=O) groups is 1. The van der Waals surface area contributed by atoms with Crippen molar-refractivity contribution in [3.05, 3.63) is 53.1 Å².